The predicted molar refractivity (Wildman–Crippen MR) is 50.5 cm³/mol. The highest BCUT2D eigenvalue weighted by Gasteiger charge is 2.31. The van der Waals surface area contributed by atoms with Crippen LogP contribution in [0.5, 0.6) is 0 Å². The maximum atomic E-state index is 12.1. The van der Waals surface area contributed by atoms with Crippen molar-refractivity contribution in [1.82, 2.24) is 0 Å². The molecule has 13 heavy (non-hydrogen) atoms. The lowest BCUT2D eigenvalue weighted by atomic mass is 10.3. The van der Waals surface area contributed by atoms with Gasteiger partial charge in [-0.15, -0.1) is 5.73 Å². The van der Waals surface area contributed by atoms with E-state index in [1.807, 2.05) is 0 Å². The third-order valence-electron chi connectivity index (χ3n) is 1.33. The van der Waals surface area contributed by atoms with Gasteiger partial charge in [0.1, 0.15) is 4.36 Å². The van der Waals surface area contributed by atoms with Crippen molar-refractivity contribution < 1.29 is 13.2 Å². The van der Waals surface area contributed by atoms with Crippen LogP contribution in [0.2, 0.25) is 0 Å². The Balaban J connectivity index is 4.74. The Hall–Kier alpha value is -0.310. The third-order valence-corrected chi connectivity index (χ3v) is 2.64. The van der Waals surface area contributed by atoms with Gasteiger partial charge in [-0.1, -0.05) is 29.9 Å². The van der Waals surface area contributed by atoms with Crippen molar-refractivity contribution >= 4 is 23.4 Å². The minimum Gasteiger partial charge on any atom is -0.166 e. The molecule has 0 fully saturated rings. The molecular weight excluding hydrogens is 221 g/mol. The van der Waals surface area contributed by atoms with E-state index >= 15 is 0 Å². The second-order valence-corrected chi connectivity index (χ2v) is 4.06. The lowest BCUT2D eigenvalue weighted by molar-refractivity contribution is -0.0916. The van der Waals surface area contributed by atoms with Crippen molar-refractivity contribution in [3.8, 4) is 0 Å². The molecule has 0 aromatic carbocycles. The number of hydrogen-bond donors (Lipinski definition) is 0. The molecule has 0 unspecified atom stereocenters. The number of hydrogen-bond acceptors (Lipinski definition) is 1. The Morgan fingerprint density at radius 2 is 1.85 bits per heavy atom. The normalized spacial score (nSPS) is 13.4. The number of rotatable bonds is 2. The quantitative estimate of drug-likeness (QED) is 0.630. The van der Waals surface area contributed by atoms with Crippen LogP contribution in [0.4, 0.5) is 13.2 Å². The monoisotopic (exact) mass is 228 g/mol. The highest BCUT2D eigenvalue weighted by atomic mass is 35.5. The largest absolute Gasteiger partial charge is 0.413 e. The number of thioether (sulfide) groups is 1. The van der Waals surface area contributed by atoms with Crippen molar-refractivity contribution in [3.05, 3.63) is 27.2 Å². The van der Waals surface area contributed by atoms with Crippen LogP contribution in [-0.2, 0) is 0 Å². The van der Waals surface area contributed by atoms with Gasteiger partial charge in [0.15, 0.2) is 0 Å². The SMILES string of the molecule is C=C=C(Cl)S/C(C)=C(\C)C(F)(F)F. The number of alkyl halides is 3. The van der Waals surface area contributed by atoms with Crippen molar-refractivity contribution in [1.29, 1.82) is 0 Å². The van der Waals surface area contributed by atoms with Crippen molar-refractivity contribution in [2.24, 2.45) is 0 Å². The van der Waals surface area contributed by atoms with E-state index in [1.54, 1.807) is 0 Å². The first kappa shape index (κ1) is 12.7. The van der Waals surface area contributed by atoms with E-state index in [2.05, 4.69) is 12.3 Å². The summed E-state index contributed by atoms with van der Waals surface area (Å²) in [6, 6.07) is 0. The van der Waals surface area contributed by atoms with Gasteiger partial charge in [0.2, 0.25) is 0 Å². The van der Waals surface area contributed by atoms with Gasteiger partial charge < -0.3 is 0 Å². The van der Waals surface area contributed by atoms with Crippen LogP contribution < -0.4 is 0 Å². The number of allylic oxidation sites excluding steroid dienone is 2. The molecule has 0 nitrogen and oxygen atoms in total. The molecule has 0 aromatic rings. The molecule has 0 spiro atoms. The van der Waals surface area contributed by atoms with Gasteiger partial charge in [-0.25, -0.2) is 0 Å². The molecule has 0 aliphatic rings. The molecular formula is C8H8ClF3S. The van der Waals surface area contributed by atoms with Gasteiger partial charge in [0.25, 0.3) is 0 Å². The average molecular weight is 229 g/mol. The standard InChI is InChI=1S/C8H8ClF3S/c1-4-7(9)13-6(3)5(2)8(10,11)12/h1H2,2-3H3/b6-5+. The summed E-state index contributed by atoms with van der Waals surface area (Å²) in [5.41, 5.74) is 1.65. The maximum Gasteiger partial charge on any atom is 0.413 e. The minimum absolute atomic E-state index is 0.105. The molecule has 74 valence electrons. The van der Waals surface area contributed by atoms with Crippen molar-refractivity contribution in [2.75, 3.05) is 0 Å². The molecule has 0 amide bonds. The summed E-state index contributed by atoms with van der Waals surface area (Å²) in [5, 5.41) is 0. The van der Waals surface area contributed by atoms with E-state index in [4.69, 9.17) is 11.6 Å². The van der Waals surface area contributed by atoms with Gasteiger partial charge >= 0.3 is 6.18 Å². The van der Waals surface area contributed by atoms with E-state index in [0.717, 1.165) is 18.7 Å². The van der Waals surface area contributed by atoms with Gasteiger partial charge in [0, 0.05) is 5.57 Å². The molecule has 0 aromatic heterocycles. The molecule has 0 N–H and O–H groups in total. The summed E-state index contributed by atoms with van der Waals surface area (Å²) in [5.74, 6) is 0. The van der Waals surface area contributed by atoms with E-state index in [0.29, 0.717) is 0 Å². The van der Waals surface area contributed by atoms with Crippen LogP contribution in [0.1, 0.15) is 13.8 Å². The summed E-state index contributed by atoms with van der Waals surface area (Å²) < 4.78 is 36.4. The molecule has 0 saturated heterocycles. The second-order valence-electron chi connectivity index (χ2n) is 2.23. The zero-order chi connectivity index (χ0) is 10.6. The molecule has 5 heteroatoms. The molecule has 0 atom stereocenters. The second kappa shape index (κ2) is 4.80. The minimum atomic E-state index is -4.30. The van der Waals surface area contributed by atoms with E-state index in [1.165, 1.54) is 6.92 Å². The Morgan fingerprint density at radius 3 is 2.15 bits per heavy atom. The fraction of sp³-hybridized carbons (Fsp3) is 0.375. The highest BCUT2D eigenvalue weighted by Crippen LogP contribution is 2.35. The smallest absolute Gasteiger partial charge is 0.166 e. The molecule has 0 saturated carbocycles. The van der Waals surface area contributed by atoms with Crippen molar-refractivity contribution in [3.63, 3.8) is 0 Å². The molecule has 0 rings (SSSR count). The Kier molecular flexibility index (Phi) is 4.68. The van der Waals surface area contributed by atoms with Crippen LogP contribution in [0.25, 0.3) is 0 Å². The molecule has 0 bridgehead atoms. The lowest BCUT2D eigenvalue weighted by Crippen LogP contribution is -2.09. The molecule has 0 aliphatic carbocycles. The van der Waals surface area contributed by atoms with E-state index < -0.39 is 11.7 Å². The fourth-order valence-corrected chi connectivity index (χ4v) is 1.40. The topological polar surface area (TPSA) is 0 Å². The van der Waals surface area contributed by atoms with E-state index in [9.17, 15) is 13.2 Å². The molecule has 0 radical (unpaired) electrons. The fourth-order valence-electron chi connectivity index (χ4n) is 0.447. The van der Waals surface area contributed by atoms with Gasteiger partial charge in [0.05, 0.1) is 0 Å². The first-order valence-electron chi connectivity index (χ1n) is 3.27. The zero-order valence-electron chi connectivity index (χ0n) is 7.13. The first-order valence-corrected chi connectivity index (χ1v) is 4.46. The predicted octanol–water partition coefficient (Wildman–Crippen LogP) is 4.44. The lowest BCUT2D eigenvalue weighted by Gasteiger charge is -2.09. The Morgan fingerprint density at radius 1 is 1.38 bits per heavy atom. The van der Waals surface area contributed by atoms with Gasteiger partial charge in [-0.05, 0) is 18.8 Å². The Labute approximate surface area is 84.1 Å². The molecule has 0 aliphatic heterocycles. The summed E-state index contributed by atoms with van der Waals surface area (Å²) in [7, 11) is 0. The summed E-state index contributed by atoms with van der Waals surface area (Å²) in [6.45, 7) is 5.58. The van der Waals surface area contributed by atoms with Crippen LogP contribution in [0.3, 0.4) is 0 Å². The highest BCUT2D eigenvalue weighted by molar-refractivity contribution is 8.08. The summed E-state index contributed by atoms with van der Waals surface area (Å²) in [6.07, 6.45) is -4.30. The average Bonchev–Trinajstić information content (AvgIpc) is 2.01. The summed E-state index contributed by atoms with van der Waals surface area (Å²) >= 11 is 6.26. The van der Waals surface area contributed by atoms with Gasteiger partial charge in [-0.3, -0.25) is 0 Å². The van der Waals surface area contributed by atoms with Gasteiger partial charge in [-0.2, -0.15) is 13.2 Å². The van der Waals surface area contributed by atoms with E-state index in [-0.39, 0.29) is 9.27 Å². The van der Waals surface area contributed by atoms with Crippen LogP contribution >= 0.6 is 23.4 Å². The van der Waals surface area contributed by atoms with Crippen LogP contribution in [-0.4, -0.2) is 6.18 Å². The van der Waals surface area contributed by atoms with Crippen LogP contribution in [0, 0.1) is 0 Å². The first-order chi connectivity index (χ1) is 5.79. The van der Waals surface area contributed by atoms with Crippen LogP contribution in [0.15, 0.2) is 27.2 Å². The number of halogens is 4. The third kappa shape index (κ3) is 4.46. The Bertz CT molecular complexity index is 272. The zero-order valence-corrected chi connectivity index (χ0v) is 8.70. The maximum absolute atomic E-state index is 12.1. The van der Waals surface area contributed by atoms with Crippen molar-refractivity contribution in [2.45, 2.75) is 20.0 Å². The molecule has 0 heterocycles. The summed E-state index contributed by atoms with van der Waals surface area (Å²) in [4.78, 5) is 0.105.